The van der Waals surface area contributed by atoms with Crippen LogP contribution in [-0.2, 0) is 16.0 Å². The zero-order valence-corrected chi connectivity index (χ0v) is 15.3. The highest BCUT2D eigenvalue weighted by molar-refractivity contribution is 5.82. The summed E-state index contributed by atoms with van der Waals surface area (Å²) in [5, 5.41) is 4.47. The van der Waals surface area contributed by atoms with Gasteiger partial charge in [-0.05, 0) is 42.9 Å². The summed E-state index contributed by atoms with van der Waals surface area (Å²) in [5.74, 6) is 1.11. The van der Waals surface area contributed by atoms with E-state index in [1.165, 1.54) is 43.1 Å². The molecule has 0 spiro atoms. The molecule has 1 amide bonds. The number of para-hydroxylation sites is 1. The highest BCUT2D eigenvalue weighted by Gasteiger charge is 2.30. The number of amides is 1. The number of ether oxygens (including phenoxy) is 1. The van der Waals surface area contributed by atoms with E-state index < -0.39 is 0 Å². The van der Waals surface area contributed by atoms with Gasteiger partial charge in [0.15, 0.2) is 0 Å². The summed E-state index contributed by atoms with van der Waals surface area (Å²) in [6.07, 6.45) is 9.78. The number of hydrogen-bond donors (Lipinski definition) is 1. The van der Waals surface area contributed by atoms with Gasteiger partial charge in [0.2, 0.25) is 5.91 Å². The van der Waals surface area contributed by atoms with E-state index in [-0.39, 0.29) is 11.9 Å². The number of aromatic nitrogens is 1. The van der Waals surface area contributed by atoms with E-state index in [9.17, 15) is 4.79 Å². The molecule has 1 aliphatic carbocycles. The smallest absolute Gasteiger partial charge is 0.220 e. The largest absolute Gasteiger partial charge is 0.379 e. The number of nitrogens with zero attached hydrogens (tertiary/aromatic N) is 1. The lowest BCUT2D eigenvalue weighted by Crippen LogP contribution is -2.41. The van der Waals surface area contributed by atoms with Crippen molar-refractivity contribution in [3.63, 3.8) is 0 Å². The number of rotatable bonds is 5. The number of hydrogen-bond acceptors (Lipinski definition) is 3. The van der Waals surface area contributed by atoms with Crippen LogP contribution in [-0.4, -0.2) is 30.1 Å². The Balaban J connectivity index is 1.39. The minimum absolute atomic E-state index is 0.123. The first kappa shape index (κ1) is 17.5. The van der Waals surface area contributed by atoms with Gasteiger partial charge in [-0.1, -0.05) is 37.5 Å². The highest BCUT2D eigenvalue weighted by Crippen LogP contribution is 2.27. The predicted octanol–water partition coefficient (Wildman–Crippen LogP) is 3.88. The van der Waals surface area contributed by atoms with Gasteiger partial charge in [-0.25, -0.2) is 0 Å². The molecule has 2 atom stereocenters. The second-order valence-electron chi connectivity index (χ2n) is 7.87. The third-order valence-corrected chi connectivity index (χ3v) is 5.97. The number of pyridine rings is 1. The van der Waals surface area contributed by atoms with Crippen LogP contribution < -0.4 is 5.32 Å². The van der Waals surface area contributed by atoms with E-state index in [1.54, 1.807) is 0 Å². The van der Waals surface area contributed by atoms with E-state index in [2.05, 4.69) is 28.5 Å². The van der Waals surface area contributed by atoms with Crippen molar-refractivity contribution < 1.29 is 9.53 Å². The van der Waals surface area contributed by atoms with Crippen molar-refractivity contribution >= 4 is 16.8 Å². The summed E-state index contributed by atoms with van der Waals surface area (Å²) in [7, 11) is 0. The van der Waals surface area contributed by atoms with Crippen LogP contribution in [0.2, 0.25) is 0 Å². The lowest BCUT2D eigenvalue weighted by Gasteiger charge is -2.24. The van der Waals surface area contributed by atoms with Crippen molar-refractivity contribution in [2.75, 3.05) is 13.2 Å². The standard InChI is InChI=1S/C22H28N2O2/c25-22(12-16-6-2-1-3-7-16)24-21-15-26-14-18(21)13-17-10-11-23-20-9-5-4-8-19(17)20/h4-5,8-11,16,18,21H,1-3,6-7,12-15H2,(H,24,25)/t18-,21+/m1/s1. The van der Waals surface area contributed by atoms with E-state index in [4.69, 9.17) is 4.74 Å². The Hall–Kier alpha value is -1.94. The van der Waals surface area contributed by atoms with E-state index >= 15 is 0 Å². The molecule has 2 heterocycles. The number of nitrogens with one attached hydrogen (secondary N) is 1. The van der Waals surface area contributed by atoms with Crippen LogP contribution in [0.5, 0.6) is 0 Å². The average molecular weight is 352 g/mol. The lowest BCUT2D eigenvalue weighted by atomic mass is 9.86. The molecule has 1 saturated carbocycles. The Bertz CT molecular complexity index is 749. The molecule has 1 aromatic carbocycles. The fourth-order valence-corrected chi connectivity index (χ4v) is 4.49. The molecule has 2 fully saturated rings. The Morgan fingerprint density at radius 1 is 1.12 bits per heavy atom. The van der Waals surface area contributed by atoms with Crippen LogP contribution in [0.1, 0.15) is 44.1 Å². The zero-order chi connectivity index (χ0) is 17.8. The van der Waals surface area contributed by atoms with Gasteiger partial charge in [-0.2, -0.15) is 0 Å². The molecule has 4 heteroatoms. The first-order chi connectivity index (χ1) is 12.8. The molecule has 0 bridgehead atoms. The first-order valence-corrected chi connectivity index (χ1v) is 9.99. The maximum absolute atomic E-state index is 12.5. The minimum atomic E-state index is 0.123. The zero-order valence-electron chi connectivity index (χ0n) is 15.3. The molecule has 0 radical (unpaired) electrons. The Morgan fingerprint density at radius 3 is 2.85 bits per heavy atom. The number of fused-ring (bicyclic) bond motifs is 1. The first-order valence-electron chi connectivity index (χ1n) is 9.99. The Morgan fingerprint density at radius 2 is 1.96 bits per heavy atom. The van der Waals surface area contributed by atoms with Gasteiger partial charge in [0.1, 0.15) is 0 Å². The third-order valence-electron chi connectivity index (χ3n) is 5.97. The van der Waals surface area contributed by atoms with E-state index in [1.807, 2.05) is 18.3 Å². The van der Waals surface area contributed by atoms with Crippen LogP contribution >= 0.6 is 0 Å². The number of carbonyl (C=O) groups excluding carboxylic acids is 1. The molecule has 4 rings (SSSR count). The Kier molecular flexibility index (Phi) is 5.49. The summed E-state index contributed by atoms with van der Waals surface area (Å²) in [6, 6.07) is 10.5. The molecule has 26 heavy (non-hydrogen) atoms. The molecular formula is C22H28N2O2. The second-order valence-corrected chi connectivity index (χ2v) is 7.87. The predicted molar refractivity (Wildman–Crippen MR) is 103 cm³/mol. The molecule has 1 aliphatic heterocycles. The molecule has 1 aromatic heterocycles. The SMILES string of the molecule is O=C(CC1CCCCC1)N[C@H]1COC[C@H]1Cc1ccnc2ccccc12. The minimum Gasteiger partial charge on any atom is -0.379 e. The lowest BCUT2D eigenvalue weighted by molar-refractivity contribution is -0.123. The average Bonchev–Trinajstić information content (AvgIpc) is 3.09. The maximum Gasteiger partial charge on any atom is 0.220 e. The van der Waals surface area contributed by atoms with Crippen molar-refractivity contribution in [2.24, 2.45) is 11.8 Å². The molecule has 2 aromatic rings. The number of carbonyl (C=O) groups is 1. The molecule has 0 unspecified atom stereocenters. The molecule has 1 saturated heterocycles. The van der Waals surface area contributed by atoms with Crippen molar-refractivity contribution in [3.05, 3.63) is 42.1 Å². The van der Waals surface area contributed by atoms with Crippen LogP contribution in [0.3, 0.4) is 0 Å². The normalized spacial score (nSPS) is 24.0. The van der Waals surface area contributed by atoms with Crippen LogP contribution in [0.4, 0.5) is 0 Å². The highest BCUT2D eigenvalue weighted by atomic mass is 16.5. The second kappa shape index (κ2) is 8.17. The summed E-state index contributed by atoms with van der Waals surface area (Å²) in [6.45, 7) is 1.34. The summed E-state index contributed by atoms with van der Waals surface area (Å²) in [4.78, 5) is 16.9. The van der Waals surface area contributed by atoms with Gasteiger partial charge in [0.05, 0.1) is 24.8 Å². The summed E-state index contributed by atoms with van der Waals surface area (Å²) >= 11 is 0. The summed E-state index contributed by atoms with van der Waals surface area (Å²) < 4.78 is 5.71. The van der Waals surface area contributed by atoms with Gasteiger partial charge in [-0.15, -0.1) is 0 Å². The fraction of sp³-hybridized carbons (Fsp3) is 0.545. The number of benzene rings is 1. The molecule has 2 aliphatic rings. The van der Waals surface area contributed by atoms with Crippen LogP contribution in [0.15, 0.2) is 36.5 Å². The molecular weight excluding hydrogens is 324 g/mol. The van der Waals surface area contributed by atoms with Crippen LogP contribution in [0, 0.1) is 11.8 Å². The molecule has 1 N–H and O–H groups in total. The summed E-state index contributed by atoms with van der Waals surface area (Å²) in [5.41, 5.74) is 2.32. The van der Waals surface area contributed by atoms with Gasteiger partial charge >= 0.3 is 0 Å². The van der Waals surface area contributed by atoms with Crippen molar-refractivity contribution in [1.29, 1.82) is 0 Å². The van der Waals surface area contributed by atoms with E-state index in [0.29, 0.717) is 31.5 Å². The topological polar surface area (TPSA) is 51.2 Å². The molecule has 4 nitrogen and oxygen atoms in total. The van der Waals surface area contributed by atoms with E-state index in [0.717, 1.165) is 11.9 Å². The third kappa shape index (κ3) is 4.07. The van der Waals surface area contributed by atoms with Gasteiger partial charge in [-0.3, -0.25) is 9.78 Å². The monoisotopic (exact) mass is 352 g/mol. The van der Waals surface area contributed by atoms with Gasteiger partial charge in [0.25, 0.3) is 0 Å². The quantitative estimate of drug-likeness (QED) is 0.888. The van der Waals surface area contributed by atoms with Crippen molar-refractivity contribution in [1.82, 2.24) is 10.3 Å². The molecule has 138 valence electrons. The van der Waals surface area contributed by atoms with Crippen molar-refractivity contribution in [2.45, 2.75) is 51.0 Å². The van der Waals surface area contributed by atoms with Gasteiger partial charge < -0.3 is 10.1 Å². The fourth-order valence-electron chi connectivity index (χ4n) is 4.49. The Labute approximate surface area is 155 Å². The maximum atomic E-state index is 12.5. The van der Waals surface area contributed by atoms with Crippen molar-refractivity contribution in [3.8, 4) is 0 Å². The van der Waals surface area contributed by atoms with Gasteiger partial charge in [0, 0.05) is 23.9 Å². The van der Waals surface area contributed by atoms with Crippen LogP contribution in [0.25, 0.3) is 10.9 Å².